The van der Waals surface area contributed by atoms with Gasteiger partial charge in [-0.1, -0.05) is 29.3 Å². The zero-order valence-electron chi connectivity index (χ0n) is 27.6. The smallest absolute Gasteiger partial charge is 0.496 e. The quantitative estimate of drug-likeness (QED) is 0.0305. The fraction of sp³-hybridized carbons (Fsp3) is 0.258. The number of benzene rings is 3. The van der Waals surface area contributed by atoms with Crippen molar-refractivity contribution in [3.05, 3.63) is 50.6 Å². The van der Waals surface area contributed by atoms with Gasteiger partial charge in [-0.3, -0.25) is 28.9 Å². The van der Waals surface area contributed by atoms with Gasteiger partial charge in [0.2, 0.25) is 5.43 Å². The monoisotopic (exact) mass is 794 g/mol. The van der Waals surface area contributed by atoms with Gasteiger partial charge in [-0.15, -0.1) is 0 Å². The summed E-state index contributed by atoms with van der Waals surface area (Å²) in [6.45, 7) is -3.40. The Morgan fingerprint density at radius 3 is 1.91 bits per heavy atom. The first kappa shape index (κ1) is 41.6. The van der Waals surface area contributed by atoms with Crippen molar-refractivity contribution in [2.75, 3.05) is 57.4 Å². The van der Waals surface area contributed by atoms with Crippen molar-refractivity contribution in [2.24, 2.45) is 0 Å². The average molecular weight is 795 g/mol. The third kappa shape index (κ3) is 9.70. The van der Waals surface area contributed by atoms with E-state index in [0.717, 1.165) is 15.9 Å². The van der Waals surface area contributed by atoms with Crippen molar-refractivity contribution in [2.45, 2.75) is 0 Å². The number of phenols is 1. The molecule has 0 atom stereocenters. The third-order valence-corrected chi connectivity index (χ3v) is 8.29. The summed E-state index contributed by atoms with van der Waals surface area (Å²) in [4.78, 5) is 60.6. The van der Waals surface area contributed by atoms with Crippen LogP contribution in [-0.2, 0) is 23.9 Å². The number of carboxylic acids is 4. The number of carboxylic acid groups (broad SMARTS) is 4. The maximum Gasteiger partial charge on any atom is 0.496 e. The molecule has 0 amide bonds. The van der Waals surface area contributed by atoms with Crippen molar-refractivity contribution in [1.29, 1.82) is 0 Å². The Hall–Kier alpha value is -5.12. The number of phenolic OH excluding ortho intramolecular Hbond substituents is 1. The Morgan fingerprint density at radius 2 is 1.35 bits per heavy atom. The van der Waals surface area contributed by atoms with E-state index in [1.807, 2.05) is 0 Å². The largest absolute Gasteiger partial charge is 0.507 e. The Kier molecular flexibility index (Phi) is 13.7. The molecule has 1 aliphatic carbocycles. The van der Waals surface area contributed by atoms with Crippen molar-refractivity contribution in [3.63, 3.8) is 0 Å². The molecule has 0 bridgehead atoms. The van der Waals surface area contributed by atoms with Crippen LogP contribution in [0.4, 0.5) is 5.69 Å². The summed E-state index contributed by atoms with van der Waals surface area (Å²) in [5, 5.41) is 87.6. The number of aliphatic carboxylic acids is 4. The molecule has 0 unspecified atom stereocenters. The van der Waals surface area contributed by atoms with Gasteiger partial charge in [-0.2, -0.15) is 0 Å². The molecule has 1 aliphatic heterocycles. The van der Waals surface area contributed by atoms with E-state index in [9.17, 15) is 59.4 Å². The lowest BCUT2D eigenvalue weighted by molar-refractivity contribution is -0.142. The Morgan fingerprint density at radius 1 is 0.759 bits per heavy atom. The summed E-state index contributed by atoms with van der Waals surface area (Å²) in [6, 6.07) is 6.27. The molecule has 19 nitrogen and oxygen atoms in total. The van der Waals surface area contributed by atoms with E-state index in [1.54, 1.807) is 0 Å². The number of ether oxygens (including phenoxy) is 2. The number of fused-ring (bicyclic) bond motifs is 2. The second-order valence-corrected chi connectivity index (χ2v) is 12.3. The predicted molar refractivity (Wildman–Crippen MR) is 191 cm³/mol. The minimum Gasteiger partial charge on any atom is -0.507 e. The van der Waals surface area contributed by atoms with Crippen LogP contribution in [0.1, 0.15) is 0 Å². The Bertz CT molecular complexity index is 2080. The molecule has 54 heavy (non-hydrogen) atoms. The van der Waals surface area contributed by atoms with Crippen LogP contribution in [0.5, 0.6) is 11.5 Å². The fourth-order valence-electron chi connectivity index (χ4n) is 5.60. The first-order valence-corrected chi connectivity index (χ1v) is 16.2. The van der Waals surface area contributed by atoms with Crippen LogP contribution >= 0.6 is 23.2 Å². The van der Waals surface area contributed by atoms with Crippen LogP contribution in [-0.4, -0.2) is 141 Å². The van der Waals surface area contributed by atoms with Crippen LogP contribution in [0.3, 0.4) is 0 Å². The Labute approximate surface area is 313 Å². The van der Waals surface area contributed by atoms with E-state index in [0.29, 0.717) is 0 Å². The highest BCUT2D eigenvalue weighted by molar-refractivity contribution is 6.64. The van der Waals surface area contributed by atoms with E-state index in [-0.39, 0.29) is 64.9 Å². The van der Waals surface area contributed by atoms with Gasteiger partial charge in [0, 0.05) is 23.1 Å². The second kappa shape index (κ2) is 17.8. The van der Waals surface area contributed by atoms with Gasteiger partial charge in [0.25, 0.3) is 0 Å². The lowest BCUT2D eigenvalue weighted by atomic mass is 9.74. The van der Waals surface area contributed by atoms with Gasteiger partial charge in [0.15, 0.2) is 0 Å². The van der Waals surface area contributed by atoms with E-state index in [4.69, 9.17) is 47.3 Å². The van der Waals surface area contributed by atoms with Crippen molar-refractivity contribution in [1.82, 2.24) is 4.90 Å². The minimum atomic E-state index is -2.46. The molecule has 286 valence electrons. The molecule has 0 saturated carbocycles. The lowest BCUT2D eigenvalue weighted by Crippen LogP contribution is -2.43. The molecule has 2 aromatic carbocycles. The third-order valence-electron chi connectivity index (χ3n) is 7.72. The van der Waals surface area contributed by atoms with Crippen LogP contribution in [0, 0.1) is 0 Å². The molecule has 23 heteroatoms. The minimum absolute atomic E-state index is 0.0338. The number of anilines is 1. The van der Waals surface area contributed by atoms with Gasteiger partial charge in [-0.25, -0.2) is 0 Å². The number of hydrogen-bond acceptors (Lipinski definition) is 15. The first-order valence-electron chi connectivity index (χ1n) is 15.5. The standard InChI is InChI=1S/C31H30B2Cl2N2O17/c34-17-8-15-25(16-9-18(35)29(47)27(33(50)51)31(16)54-30(15)26(28(17)46)32(48)49)14-1-2-19(37(12-23(42)43)13-24(44)45)20(7-14)53-6-5-52-4-3-36(10-21(38)39)11-22(40)41/h1-2,7-9,46,48-51H,3-6,10-13H2,(H,38,39)(H,40,41)(H,42,43)(H,44,45). The first-order chi connectivity index (χ1) is 25.4. The van der Waals surface area contributed by atoms with Crippen LogP contribution in [0.25, 0.3) is 33.4 Å². The number of carbonyl (C=O) groups is 4. The molecule has 2 aliphatic rings. The SMILES string of the molecule is O=C(O)CN(CCOCCOc1cc(-c2c3cc(Cl)c(=O)c(B(O)O)c-3oc3c(B(O)O)c(O)c(Cl)cc23)ccc1N(CC(=O)O)CC(=O)O)CC(=O)O. The lowest BCUT2D eigenvalue weighted by Gasteiger charge is -2.25. The molecule has 0 fully saturated rings. The van der Waals surface area contributed by atoms with Crippen LogP contribution in [0.15, 0.2) is 39.5 Å². The highest BCUT2D eigenvalue weighted by Crippen LogP contribution is 2.44. The number of aromatic hydroxyl groups is 1. The van der Waals surface area contributed by atoms with Gasteiger partial charge in [0.05, 0.1) is 53.0 Å². The molecule has 0 aromatic heterocycles. The highest BCUT2D eigenvalue weighted by atomic mass is 35.5. The number of rotatable bonds is 19. The molecule has 1 heterocycles. The Balaban J connectivity index is 1.89. The second-order valence-electron chi connectivity index (χ2n) is 11.5. The van der Waals surface area contributed by atoms with E-state index in [1.165, 1.54) is 24.3 Å². The van der Waals surface area contributed by atoms with Gasteiger partial charge >= 0.3 is 38.1 Å². The molecule has 2 aromatic rings. The fourth-order valence-corrected chi connectivity index (χ4v) is 6.02. The van der Waals surface area contributed by atoms with E-state index in [2.05, 4.69) is 0 Å². The molecular formula is C31H30B2Cl2N2O17. The normalized spacial score (nSPS) is 11.2. The van der Waals surface area contributed by atoms with Gasteiger partial charge < -0.3 is 64.4 Å². The van der Waals surface area contributed by atoms with Crippen molar-refractivity contribution >= 4 is 88.9 Å². The maximum atomic E-state index is 13.0. The number of halogens is 2. The highest BCUT2D eigenvalue weighted by Gasteiger charge is 2.33. The molecule has 0 spiro atoms. The maximum absolute atomic E-state index is 13.0. The van der Waals surface area contributed by atoms with Crippen molar-refractivity contribution < 1.29 is 78.7 Å². The molecule has 0 saturated heterocycles. The summed E-state index contributed by atoms with van der Waals surface area (Å²) >= 11 is 12.5. The molecular weight excluding hydrogens is 765 g/mol. The molecule has 0 radical (unpaired) electrons. The molecule has 9 N–H and O–H groups in total. The van der Waals surface area contributed by atoms with Crippen LogP contribution < -0.4 is 26.0 Å². The predicted octanol–water partition coefficient (Wildman–Crippen LogP) is -1.22. The number of hydrogen-bond donors (Lipinski definition) is 9. The van der Waals surface area contributed by atoms with Crippen LogP contribution in [0.2, 0.25) is 10.0 Å². The van der Waals surface area contributed by atoms with Gasteiger partial charge in [0.1, 0.15) is 42.5 Å². The topological polar surface area (TPSA) is 306 Å². The summed E-state index contributed by atoms with van der Waals surface area (Å²) in [5.74, 6) is -6.76. The summed E-state index contributed by atoms with van der Waals surface area (Å²) in [6.07, 6.45) is 0. The zero-order chi connectivity index (χ0) is 40.0. The zero-order valence-corrected chi connectivity index (χ0v) is 29.2. The van der Waals surface area contributed by atoms with Crippen molar-refractivity contribution in [3.8, 4) is 33.9 Å². The summed E-state index contributed by atoms with van der Waals surface area (Å²) < 4.78 is 17.3. The van der Waals surface area contributed by atoms with E-state index >= 15 is 0 Å². The summed E-state index contributed by atoms with van der Waals surface area (Å²) in [5.41, 5.74) is -2.87. The van der Waals surface area contributed by atoms with E-state index < -0.39 is 103 Å². The average Bonchev–Trinajstić information content (AvgIpc) is 3.05. The summed E-state index contributed by atoms with van der Waals surface area (Å²) in [7, 11) is -4.87. The van der Waals surface area contributed by atoms with Gasteiger partial charge in [-0.05, 0) is 29.8 Å². The number of nitrogens with zero attached hydrogens (tertiary/aromatic N) is 2. The molecule has 4 rings (SSSR count).